The van der Waals surface area contributed by atoms with Crippen molar-refractivity contribution in [2.75, 3.05) is 11.9 Å². The highest BCUT2D eigenvalue weighted by Crippen LogP contribution is 2.40. The lowest BCUT2D eigenvalue weighted by Crippen LogP contribution is -2.06. The van der Waals surface area contributed by atoms with Crippen molar-refractivity contribution in [2.24, 2.45) is 0 Å². The number of unbranched alkanes of at least 4 members (excludes halogenated alkanes) is 1. The van der Waals surface area contributed by atoms with Gasteiger partial charge >= 0.3 is 0 Å². The molecule has 1 aliphatic carbocycles. The maximum atomic E-state index is 4.88. The summed E-state index contributed by atoms with van der Waals surface area (Å²) < 4.78 is 0. The van der Waals surface area contributed by atoms with Crippen molar-refractivity contribution in [3.8, 4) is 11.1 Å². The van der Waals surface area contributed by atoms with Crippen LogP contribution in [-0.2, 0) is 0 Å². The van der Waals surface area contributed by atoms with Gasteiger partial charge < -0.3 is 5.32 Å². The van der Waals surface area contributed by atoms with Crippen molar-refractivity contribution < 1.29 is 0 Å². The molecule has 2 aromatic carbocycles. The zero-order valence-electron chi connectivity index (χ0n) is 16.0. The normalized spacial score (nSPS) is 14.0. The number of rotatable bonds is 6. The topological polar surface area (TPSA) is 37.8 Å². The SMILES string of the molecule is CCCCNc1nc(C2CC2)nc2ccc(-c3cc(C)cc(C)c3)cc12. The Bertz CT molecular complexity index is 921. The minimum atomic E-state index is 0.560. The van der Waals surface area contributed by atoms with E-state index in [2.05, 4.69) is 62.5 Å². The van der Waals surface area contributed by atoms with Crippen molar-refractivity contribution in [3.05, 3.63) is 53.3 Å². The summed E-state index contributed by atoms with van der Waals surface area (Å²) in [6.07, 6.45) is 4.78. The van der Waals surface area contributed by atoms with Gasteiger partial charge in [-0.1, -0.05) is 48.7 Å². The van der Waals surface area contributed by atoms with E-state index in [9.17, 15) is 0 Å². The van der Waals surface area contributed by atoms with Crippen molar-refractivity contribution in [3.63, 3.8) is 0 Å². The molecule has 3 heteroatoms. The van der Waals surface area contributed by atoms with Gasteiger partial charge in [-0.05, 0) is 56.4 Å². The molecule has 0 bridgehead atoms. The molecule has 134 valence electrons. The highest BCUT2D eigenvalue weighted by atomic mass is 15.0. The Morgan fingerprint density at radius 2 is 1.73 bits per heavy atom. The van der Waals surface area contributed by atoms with E-state index in [4.69, 9.17) is 9.97 Å². The van der Waals surface area contributed by atoms with Crippen LogP contribution in [0.25, 0.3) is 22.0 Å². The Kier molecular flexibility index (Phi) is 4.62. The first-order valence-electron chi connectivity index (χ1n) is 9.78. The molecule has 0 atom stereocenters. The molecule has 0 amide bonds. The van der Waals surface area contributed by atoms with Gasteiger partial charge in [0, 0.05) is 17.8 Å². The third kappa shape index (κ3) is 3.57. The van der Waals surface area contributed by atoms with Gasteiger partial charge in [0.05, 0.1) is 5.52 Å². The number of hydrogen-bond acceptors (Lipinski definition) is 3. The van der Waals surface area contributed by atoms with Crippen molar-refractivity contribution in [1.29, 1.82) is 0 Å². The van der Waals surface area contributed by atoms with Crippen molar-refractivity contribution in [1.82, 2.24) is 9.97 Å². The zero-order chi connectivity index (χ0) is 18.1. The molecule has 1 aromatic heterocycles. The molecule has 1 heterocycles. The second-order valence-corrected chi connectivity index (χ2v) is 7.59. The first-order valence-corrected chi connectivity index (χ1v) is 9.78. The Hall–Kier alpha value is -2.42. The number of aromatic nitrogens is 2. The Balaban J connectivity index is 1.79. The van der Waals surface area contributed by atoms with Crippen molar-refractivity contribution in [2.45, 2.75) is 52.4 Å². The first kappa shape index (κ1) is 17.0. The molecule has 0 unspecified atom stereocenters. The Morgan fingerprint density at radius 3 is 2.42 bits per heavy atom. The minimum Gasteiger partial charge on any atom is -0.369 e. The maximum absolute atomic E-state index is 4.88. The molecule has 0 spiro atoms. The second kappa shape index (κ2) is 7.06. The van der Waals surface area contributed by atoms with Crippen LogP contribution < -0.4 is 5.32 Å². The lowest BCUT2D eigenvalue weighted by atomic mass is 9.99. The number of nitrogens with one attached hydrogen (secondary N) is 1. The fourth-order valence-corrected chi connectivity index (χ4v) is 3.51. The van der Waals surface area contributed by atoms with Gasteiger partial charge in [0.25, 0.3) is 0 Å². The van der Waals surface area contributed by atoms with Crippen LogP contribution in [0.15, 0.2) is 36.4 Å². The average Bonchev–Trinajstić information content (AvgIpc) is 3.45. The predicted molar refractivity (Wildman–Crippen MR) is 110 cm³/mol. The highest BCUT2D eigenvalue weighted by Gasteiger charge is 2.27. The number of hydrogen-bond donors (Lipinski definition) is 1. The van der Waals surface area contributed by atoms with E-state index in [-0.39, 0.29) is 0 Å². The number of benzene rings is 2. The van der Waals surface area contributed by atoms with Crippen LogP contribution in [0.4, 0.5) is 5.82 Å². The molecule has 0 radical (unpaired) electrons. The van der Waals surface area contributed by atoms with Gasteiger partial charge in [-0.3, -0.25) is 0 Å². The third-order valence-corrected chi connectivity index (χ3v) is 5.03. The summed E-state index contributed by atoms with van der Waals surface area (Å²) in [5, 5.41) is 4.69. The Labute approximate surface area is 155 Å². The van der Waals surface area contributed by atoms with E-state index in [1.807, 2.05) is 0 Å². The van der Waals surface area contributed by atoms with E-state index in [0.29, 0.717) is 5.92 Å². The summed E-state index contributed by atoms with van der Waals surface area (Å²) in [7, 11) is 0. The molecule has 4 rings (SSSR count). The van der Waals surface area contributed by atoms with Gasteiger partial charge in [0.1, 0.15) is 11.6 Å². The number of fused-ring (bicyclic) bond motifs is 1. The molecule has 0 saturated heterocycles. The summed E-state index contributed by atoms with van der Waals surface area (Å²) in [5.41, 5.74) is 6.12. The van der Waals surface area contributed by atoms with E-state index in [1.54, 1.807) is 0 Å². The van der Waals surface area contributed by atoms with Crippen molar-refractivity contribution >= 4 is 16.7 Å². The van der Waals surface area contributed by atoms with Gasteiger partial charge in [0.2, 0.25) is 0 Å². The quantitative estimate of drug-likeness (QED) is 0.556. The molecule has 26 heavy (non-hydrogen) atoms. The van der Waals surface area contributed by atoms with Crippen LogP contribution in [-0.4, -0.2) is 16.5 Å². The zero-order valence-corrected chi connectivity index (χ0v) is 16.0. The van der Waals surface area contributed by atoms with Gasteiger partial charge in [-0.15, -0.1) is 0 Å². The molecule has 1 aliphatic rings. The van der Waals surface area contributed by atoms with E-state index >= 15 is 0 Å². The fourth-order valence-electron chi connectivity index (χ4n) is 3.51. The van der Waals surface area contributed by atoms with Crippen LogP contribution in [0.5, 0.6) is 0 Å². The standard InChI is InChI=1S/C23H27N3/c1-4-5-10-24-23-20-14-18(19-12-15(2)11-16(3)13-19)8-9-21(20)25-22(26-23)17-6-7-17/h8-9,11-14,17H,4-7,10H2,1-3H3,(H,24,25,26). The average molecular weight is 345 g/mol. The smallest absolute Gasteiger partial charge is 0.137 e. The summed E-state index contributed by atoms with van der Waals surface area (Å²) in [5.74, 6) is 2.57. The largest absolute Gasteiger partial charge is 0.369 e. The minimum absolute atomic E-state index is 0.560. The Morgan fingerprint density at radius 1 is 0.962 bits per heavy atom. The highest BCUT2D eigenvalue weighted by molar-refractivity contribution is 5.92. The lowest BCUT2D eigenvalue weighted by Gasteiger charge is -2.12. The van der Waals surface area contributed by atoms with Crippen LogP contribution in [0.1, 0.15) is 55.5 Å². The second-order valence-electron chi connectivity index (χ2n) is 7.59. The van der Waals surface area contributed by atoms with E-state index in [1.165, 1.54) is 41.5 Å². The molecule has 1 N–H and O–H groups in total. The summed E-state index contributed by atoms with van der Waals surface area (Å²) in [4.78, 5) is 9.73. The molecule has 0 aliphatic heterocycles. The monoisotopic (exact) mass is 345 g/mol. The van der Waals surface area contributed by atoms with Crippen LogP contribution >= 0.6 is 0 Å². The third-order valence-electron chi connectivity index (χ3n) is 5.03. The molecular formula is C23H27N3. The number of aryl methyl sites for hydroxylation is 2. The fraction of sp³-hybridized carbons (Fsp3) is 0.391. The summed E-state index contributed by atoms with van der Waals surface area (Å²) >= 11 is 0. The van der Waals surface area contributed by atoms with Crippen LogP contribution in [0.2, 0.25) is 0 Å². The molecule has 3 nitrogen and oxygen atoms in total. The number of nitrogens with zero attached hydrogens (tertiary/aromatic N) is 2. The van der Waals surface area contributed by atoms with E-state index in [0.717, 1.165) is 35.5 Å². The predicted octanol–water partition coefficient (Wildman–Crippen LogP) is 6.00. The van der Waals surface area contributed by atoms with Gasteiger partial charge in [0.15, 0.2) is 0 Å². The van der Waals surface area contributed by atoms with Gasteiger partial charge in [-0.25, -0.2) is 9.97 Å². The summed E-state index contributed by atoms with van der Waals surface area (Å²) in [6, 6.07) is 13.3. The molecule has 1 fully saturated rings. The van der Waals surface area contributed by atoms with Gasteiger partial charge in [-0.2, -0.15) is 0 Å². The van der Waals surface area contributed by atoms with E-state index < -0.39 is 0 Å². The maximum Gasteiger partial charge on any atom is 0.137 e. The molecule has 1 saturated carbocycles. The first-order chi connectivity index (χ1) is 12.6. The number of anilines is 1. The molecular weight excluding hydrogens is 318 g/mol. The molecule has 3 aromatic rings. The van der Waals surface area contributed by atoms with Crippen LogP contribution in [0.3, 0.4) is 0 Å². The lowest BCUT2D eigenvalue weighted by molar-refractivity contribution is 0.828. The van der Waals surface area contributed by atoms with Crippen LogP contribution in [0, 0.1) is 13.8 Å². The summed E-state index contributed by atoms with van der Waals surface area (Å²) in [6.45, 7) is 7.48.